The molecular formula is C29H43N3O5S. The number of Topliss-reactive ketones (excluding diaryl/α,β-unsaturated/α-hetero) is 1. The van der Waals surface area contributed by atoms with Crippen LogP contribution in [0.15, 0.2) is 24.3 Å². The summed E-state index contributed by atoms with van der Waals surface area (Å²) in [5.41, 5.74) is 1.88. The summed E-state index contributed by atoms with van der Waals surface area (Å²) in [7, 11) is 0. The highest BCUT2D eigenvalue weighted by molar-refractivity contribution is 8.01. The number of thioether (sulfide) groups is 1. The van der Waals surface area contributed by atoms with Gasteiger partial charge in [0.1, 0.15) is 0 Å². The second kappa shape index (κ2) is 14.5. The first kappa shape index (κ1) is 31.5. The first-order valence-corrected chi connectivity index (χ1v) is 14.4. The highest BCUT2D eigenvalue weighted by Crippen LogP contribution is 2.28. The number of imide groups is 1. The van der Waals surface area contributed by atoms with E-state index in [0.29, 0.717) is 11.6 Å². The van der Waals surface area contributed by atoms with Gasteiger partial charge in [0, 0.05) is 37.4 Å². The molecule has 1 heterocycles. The standard InChI is InChI=1S/C29H43N3O5S/c1-17(2)14-21-8-10-22(11-9-21)30-28(36)20(7)15-23(33)27(18(3)4)31-25(34)12-13-32-26(35)16-24(29(32)37)38-19(5)6/h8-11,17-20,24,27H,12-16H2,1-7H3,(H,30,36)(H,31,34)/t20-,24?,27+/m1/s1. The number of hydrogen-bond acceptors (Lipinski definition) is 6. The Kier molecular flexibility index (Phi) is 12.0. The minimum Gasteiger partial charge on any atom is -0.346 e. The largest absolute Gasteiger partial charge is 0.346 e. The van der Waals surface area contributed by atoms with E-state index in [0.717, 1.165) is 11.3 Å². The Bertz CT molecular complexity index is 1010. The second-order valence-corrected chi connectivity index (χ2v) is 12.9. The molecule has 9 heteroatoms. The van der Waals surface area contributed by atoms with Crippen LogP contribution < -0.4 is 10.6 Å². The molecule has 3 atom stereocenters. The lowest BCUT2D eigenvalue weighted by atomic mass is 9.92. The van der Waals surface area contributed by atoms with Crippen LogP contribution in [0.5, 0.6) is 0 Å². The lowest BCUT2D eigenvalue weighted by Gasteiger charge is -2.23. The van der Waals surface area contributed by atoms with Gasteiger partial charge in [0.2, 0.25) is 23.6 Å². The molecule has 1 saturated heterocycles. The Hall–Kier alpha value is -2.68. The van der Waals surface area contributed by atoms with Gasteiger partial charge in [0.05, 0.1) is 11.3 Å². The molecule has 0 aliphatic carbocycles. The molecular weight excluding hydrogens is 502 g/mol. The fourth-order valence-electron chi connectivity index (χ4n) is 4.38. The highest BCUT2D eigenvalue weighted by atomic mass is 32.2. The number of ketones is 1. The van der Waals surface area contributed by atoms with Crippen LogP contribution in [0.3, 0.4) is 0 Å². The second-order valence-electron chi connectivity index (χ2n) is 11.2. The molecule has 0 aromatic heterocycles. The van der Waals surface area contributed by atoms with Crippen molar-refractivity contribution in [2.75, 3.05) is 11.9 Å². The number of carbonyl (C=O) groups is 5. The maximum atomic E-state index is 13.0. The number of nitrogens with one attached hydrogen (secondary N) is 2. The van der Waals surface area contributed by atoms with Gasteiger partial charge in [-0.15, -0.1) is 11.8 Å². The molecule has 1 aromatic rings. The molecule has 1 aliphatic rings. The minimum absolute atomic E-state index is 0.00751. The third-order valence-corrected chi connectivity index (χ3v) is 7.59. The number of benzene rings is 1. The van der Waals surface area contributed by atoms with E-state index in [-0.39, 0.29) is 60.5 Å². The van der Waals surface area contributed by atoms with Crippen LogP contribution >= 0.6 is 11.8 Å². The van der Waals surface area contributed by atoms with Gasteiger partial charge in [0.25, 0.3) is 0 Å². The van der Waals surface area contributed by atoms with E-state index in [9.17, 15) is 24.0 Å². The maximum Gasteiger partial charge on any atom is 0.242 e. The van der Waals surface area contributed by atoms with E-state index < -0.39 is 23.1 Å². The Morgan fingerprint density at radius 3 is 2.18 bits per heavy atom. The zero-order valence-corrected chi connectivity index (χ0v) is 24.5. The monoisotopic (exact) mass is 545 g/mol. The van der Waals surface area contributed by atoms with E-state index in [1.54, 1.807) is 6.92 Å². The van der Waals surface area contributed by atoms with Crippen LogP contribution in [0.4, 0.5) is 5.69 Å². The molecule has 0 radical (unpaired) electrons. The minimum atomic E-state index is -0.762. The smallest absolute Gasteiger partial charge is 0.242 e. The molecule has 0 saturated carbocycles. The van der Waals surface area contributed by atoms with Crippen molar-refractivity contribution >= 4 is 46.9 Å². The molecule has 1 fully saturated rings. The Labute approximate surface area is 231 Å². The first-order valence-electron chi connectivity index (χ1n) is 13.5. The van der Waals surface area contributed by atoms with E-state index in [1.807, 2.05) is 52.0 Å². The number of likely N-dealkylation sites (tertiary alicyclic amines) is 1. The van der Waals surface area contributed by atoms with Crippen molar-refractivity contribution in [3.8, 4) is 0 Å². The number of amides is 4. The summed E-state index contributed by atoms with van der Waals surface area (Å²) in [6.07, 6.45) is 1.02. The lowest BCUT2D eigenvalue weighted by molar-refractivity contribution is -0.139. The van der Waals surface area contributed by atoms with Gasteiger partial charge in [-0.1, -0.05) is 60.6 Å². The van der Waals surface area contributed by atoms with Crippen LogP contribution in [0, 0.1) is 17.8 Å². The third kappa shape index (κ3) is 9.57. The van der Waals surface area contributed by atoms with Crippen molar-refractivity contribution in [1.82, 2.24) is 10.2 Å². The fourth-order valence-corrected chi connectivity index (χ4v) is 5.52. The normalized spacial score (nSPS) is 17.3. The predicted octanol–water partition coefficient (Wildman–Crippen LogP) is 4.22. The number of hydrogen-bond donors (Lipinski definition) is 2. The summed E-state index contributed by atoms with van der Waals surface area (Å²) in [6.45, 7) is 13.6. The van der Waals surface area contributed by atoms with Crippen LogP contribution in [0.2, 0.25) is 0 Å². The molecule has 1 aromatic carbocycles. The van der Waals surface area contributed by atoms with Crippen molar-refractivity contribution < 1.29 is 24.0 Å². The van der Waals surface area contributed by atoms with Gasteiger partial charge < -0.3 is 10.6 Å². The first-order chi connectivity index (χ1) is 17.8. The number of nitrogens with zero attached hydrogens (tertiary/aromatic N) is 1. The Morgan fingerprint density at radius 1 is 1.00 bits per heavy atom. The zero-order valence-electron chi connectivity index (χ0n) is 23.7. The van der Waals surface area contributed by atoms with Crippen molar-refractivity contribution in [1.29, 1.82) is 0 Å². The summed E-state index contributed by atoms with van der Waals surface area (Å²) < 4.78 is 0. The number of rotatable bonds is 14. The predicted molar refractivity (Wildman–Crippen MR) is 152 cm³/mol. The van der Waals surface area contributed by atoms with Gasteiger partial charge in [-0.25, -0.2) is 0 Å². The topological polar surface area (TPSA) is 113 Å². The van der Waals surface area contributed by atoms with Crippen LogP contribution in [-0.2, 0) is 30.4 Å². The molecule has 0 bridgehead atoms. The third-order valence-electron chi connectivity index (χ3n) is 6.35. The average molecular weight is 546 g/mol. The molecule has 1 unspecified atom stereocenters. The zero-order chi connectivity index (χ0) is 28.6. The van der Waals surface area contributed by atoms with E-state index in [4.69, 9.17) is 0 Å². The Morgan fingerprint density at radius 2 is 1.63 bits per heavy atom. The van der Waals surface area contributed by atoms with Gasteiger partial charge >= 0.3 is 0 Å². The molecule has 0 spiro atoms. The van der Waals surface area contributed by atoms with E-state index in [1.165, 1.54) is 17.3 Å². The SMILES string of the molecule is CC(C)Cc1ccc(NC(=O)[C@H](C)CC(=O)[C@@H](NC(=O)CCN2C(=O)CC(SC(C)C)C2=O)C(C)C)cc1. The summed E-state index contributed by atoms with van der Waals surface area (Å²) in [5.74, 6) is -1.64. The molecule has 2 rings (SSSR count). The van der Waals surface area contributed by atoms with Crippen LogP contribution in [0.25, 0.3) is 0 Å². The number of carbonyl (C=O) groups excluding carboxylic acids is 5. The van der Waals surface area contributed by atoms with Crippen molar-refractivity contribution in [3.63, 3.8) is 0 Å². The lowest BCUT2D eigenvalue weighted by Crippen LogP contribution is -2.46. The number of anilines is 1. The van der Waals surface area contributed by atoms with Gasteiger partial charge in [-0.05, 0) is 41.2 Å². The Balaban J connectivity index is 1.88. The molecule has 1 aliphatic heterocycles. The maximum absolute atomic E-state index is 13.0. The van der Waals surface area contributed by atoms with Crippen molar-refractivity contribution in [3.05, 3.63) is 29.8 Å². The summed E-state index contributed by atoms with van der Waals surface area (Å²) in [5, 5.41) is 5.43. The van der Waals surface area contributed by atoms with Gasteiger partial charge in [-0.3, -0.25) is 28.9 Å². The quantitative estimate of drug-likeness (QED) is 0.339. The molecule has 4 amide bonds. The molecule has 2 N–H and O–H groups in total. The van der Waals surface area contributed by atoms with E-state index in [2.05, 4.69) is 24.5 Å². The molecule has 38 heavy (non-hydrogen) atoms. The summed E-state index contributed by atoms with van der Waals surface area (Å²) in [4.78, 5) is 64.3. The highest BCUT2D eigenvalue weighted by Gasteiger charge is 2.39. The van der Waals surface area contributed by atoms with Crippen molar-refractivity contribution in [2.45, 2.75) is 90.7 Å². The van der Waals surface area contributed by atoms with Crippen LogP contribution in [-0.4, -0.2) is 57.4 Å². The molecule has 8 nitrogen and oxygen atoms in total. The van der Waals surface area contributed by atoms with Gasteiger partial charge in [-0.2, -0.15) is 0 Å². The summed E-state index contributed by atoms with van der Waals surface area (Å²) in [6, 6.07) is 6.94. The summed E-state index contributed by atoms with van der Waals surface area (Å²) >= 11 is 1.45. The van der Waals surface area contributed by atoms with Gasteiger partial charge in [0.15, 0.2) is 5.78 Å². The van der Waals surface area contributed by atoms with Crippen LogP contribution in [0.1, 0.15) is 73.3 Å². The average Bonchev–Trinajstić information content (AvgIpc) is 3.08. The van der Waals surface area contributed by atoms with Crippen molar-refractivity contribution in [2.24, 2.45) is 17.8 Å². The van der Waals surface area contributed by atoms with E-state index >= 15 is 0 Å². The molecule has 210 valence electrons. The fraction of sp³-hybridized carbons (Fsp3) is 0.621.